The molecule has 3 rings (SSSR count). The first-order valence-corrected chi connectivity index (χ1v) is 6.02. The fourth-order valence-corrected chi connectivity index (χ4v) is 2.35. The van der Waals surface area contributed by atoms with Crippen molar-refractivity contribution in [1.82, 2.24) is 4.98 Å². The Morgan fingerprint density at radius 2 is 2.28 bits per heavy atom. The number of hydrogen-bond acceptors (Lipinski definition) is 3. The standard InChI is InChI=1S/C14H14N2O2/c1-9-14(10-4-2-3-5-11(10)16-9)12(17)8-13-15-6-7-18-13/h2-5,16H,6-8H2,1H3. The molecule has 2 heterocycles. The molecule has 0 amide bonds. The maximum absolute atomic E-state index is 12.3. The van der Waals surface area contributed by atoms with Crippen molar-refractivity contribution < 1.29 is 9.53 Å². The molecule has 0 radical (unpaired) electrons. The number of nitrogens with one attached hydrogen (secondary N) is 1. The molecule has 18 heavy (non-hydrogen) atoms. The second kappa shape index (κ2) is 4.29. The van der Waals surface area contributed by atoms with Gasteiger partial charge in [0.15, 0.2) is 11.7 Å². The minimum Gasteiger partial charge on any atom is -0.479 e. The van der Waals surface area contributed by atoms with Crippen LogP contribution in [0.2, 0.25) is 0 Å². The van der Waals surface area contributed by atoms with Crippen LogP contribution in [0.5, 0.6) is 0 Å². The van der Waals surface area contributed by atoms with Crippen LogP contribution in [0, 0.1) is 6.92 Å². The molecule has 2 aromatic rings. The van der Waals surface area contributed by atoms with Gasteiger partial charge in [-0.3, -0.25) is 9.79 Å². The zero-order valence-corrected chi connectivity index (χ0v) is 10.2. The van der Waals surface area contributed by atoms with Crippen LogP contribution in [0.1, 0.15) is 22.5 Å². The average molecular weight is 242 g/mol. The number of nitrogens with zero attached hydrogens (tertiary/aromatic N) is 1. The molecule has 0 saturated carbocycles. The molecule has 0 unspecified atom stereocenters. The van der Waals surface area contributed by atoms with Gasteiger partial charge in [0.25, 0.3) is 0 Å². The van der Waals surface area contributed by atoms with Crippen LogP contribution in [0.25, 0.3) is 10.9 Å². The Hall–Kier alpha value is -2.10. The highest BCUT2D eigenvalue weighted by molar-refractivity contribution is 6.15. The zero-order chi connectivity index (χ0) is 12.5. The Balaban J connectivity index is 1.97. The number of ketones is 1. The SMILES string of the molecule is Cc1[nH]c2ccccc2c1C(=O)CC1=NCCO1. The molecule has 1 aromatic heterocycles. The number of Topliss-reactive ketones (excluding diaryl/α,β-unsaturated/α-hetero) is 1. The summed E-state index contributed by atoms with van der Waals surface area (Å²) in [5.41, 5.74) is 2.65. The van der Waals surface area contributed by atoms with Crippen molar-refractivity contribution in [3.05, 3.63) is 35.5 Å². The highest BCUT2D eigenvalue weighted by Gasteiger charge is 2.19. The molecule has 1 N–H and O–H groups in total. The Labute approximate surface area is 105 Å². The van der Waals surface area contributed by atoms with E-state index in [2.05, 4.69) is 9.98 Å². The first kappa shape index (κ1) is 11.0. The third kappa shape index (κ3) is 1.79. The molecule has 0 bridgehead atoms. The molecular formula is C14H14N2O2. The lowest BCUT2D eigenvalue weighted by Crippen LogP contribution is -2.09. The summed E-state index contributed by atoms with van der Waals surface area (Å²) >= 11 is 0. The van der Waals surface area contributed by atoms with Gasteiger partial charge in [-0.15, -0.1) is 0 Å². The highest BCUT2D eigenvalue weighted by atomic mass is 16.5. The topological polar surface area (TPSA) is 54.5 Å². The number of fused-ring (bicyclic) bond motifs is 1. The van der Waals surface area contributed by atoms with Crippen LogP contribution in [-0.4, -0.2) is 29.8 Å². The summed E-state index contributed by atoms with van der Waals surface area (Å²) in [6, 6.07) is 7.83. The van der Waals surface area contributed by atoms with Crippen molar-refractivity contribution in [1.29, 1.82) is 0 Å². The number of ether oxygens (including phenoxy) is 1. The molecule has 0 aliphatic carbocycles. The van der Waals surface area contributed by atoms with Crippen molar-refractivity contribution in [3.8, 4) is 0 Å². The van der Waals surface area contributed by atoms with E-state index in [0.717, 1.165) is 22.2 Å². The smallest absolute Gasteiger partial charge is 0.191 e. The number of benzene rings is 1. The van der Waals surface area contributed by atoms with Gasteiger partial charge in [-0.1, -0.05) is 18.2 Å². The number of aromatic amines is 1. The molecule has 1 aliphatic rings. The van der Waals surface area contributed by atoms with Gasteiger partial charge in [-0.2, -0.15) is 0 Å². The molecular weight excluding hydrogens is 228 g/mol. The lowest BCUT2D eigenvalue weighted by molar-refractivity contribution is 0.0995. The van der Waals surface area contributed by atoms with E-state index in [9.17, 15) is 4.79 Å². The quantitative estimate of drug-likeness (QED) is 0.841. The number of aliphatic imine (C=N–C) groups is 1. The number of para-hydroxylation sites is 1. The monoisotopic (exact) mass is 242 g/mol. The summed E-state index contributed by atoms with van der Waals surface area (Å²) in [5, 5.41) is 0.971. The van der Waals surface area contributed by atoms with Gasteiger partial charge < -0.3 is 9.72 Å². The minimum absolute atomic E-state index is 0.0607. The number of aryl methyl sites for hydroxylation is 1. The van der Waals surface area contributed by atoms with E-state index in [-0.39, 0.29) is 12.2 Å². The van der Waals surface area contributed by atoms with Crippen LogP contribution < -0.4 is 0 Å². The summed E-state index contributed by atoms with van der Waals surface area (Å²) in [5.74, 6) is 0.621. The predicted molar refractivity (Wildman–Crippen MR) is 70.2 cm³/mol. The van der Waals surface area contributed by atoms with Gasteiger partial charge >= 0.3 is 0 Å². The van der Waals surface area contributed by atoms with E-state index in [1.54, 1.807) is 0 Å². The largest absolute Gasteiger partial charge is 0.479 e. The van der Waals surface area contributed by atoms with E-state index in [4.69, 9.17) is 4.74 Å². The van der Waals surface area contributed by atoms with Gasteiger partial charge in [-0.25, -0.2) is 0 Å². The Bertz CT molecular complexity index is 640. The Morgan fingerprint density at radius 1 is 1.44 bits per heavy atom. The van der Waals surface area contributed by atoms with Gasteiger partial charge in [0.1, 0.15) is 6.61 Å². The summed E-state index contributed by atoms with van der Waals surface area (Å²) in [4.78, 5) is 19.7. The van der Waals surface area contributed by atoms with E-state index in [1.165, 1.54) is 0 Å². The fraction of sp³-hybridized carbons (Fsp3) is 0.286. The molecule has 1 aromatic carbocycles. The minimum atomic E-state index is 0.0607. The van der Waals surface area contributed by atoms with Gasteiger partial charge in [0.05, 0.1) is 13.0 Å². The summed E-state index contributed by atoms with van der Waals surface area (Å²) < 4.78 is 5.29. The molecule has 92 valence electrons. The van der Waals surface area contributed by atoms with Crippen molar-refractivity contribution in [2.45, 2.75) is 13.3 Å². The summed E-state index contributed by atoms with van der Waals surface area (Å²) in [7, 11) is 0. The third-order valence-corrected chi connectivity index (χ3v) is 3.13. The molecule has 0 saturated heterocycles. The van der Waals surface area contributed by atoms with Crippen molar-refractivity contribution >= 4 is 22.6 Å². The first-order chi connectivity index (χ1) is 8.75. The van der Waals surface area contributed by atoms with Crippen LogP contribution in [-0.2, 0) is 4.74 Å². The van der Waals surface area contributed by atoms with Crippen LogP contribution in [0.15, 0.2) is 29.3 Å². The molecule has 4 heteroatoms. The number of H-pyrrole nitrogens is 1. The first-order valence-electron chi connectivity index (χ1n) is 6.02. The molecule has 0 fully saturated rings. The number of carbonyl (C=O) groups is 1. The van der Waals surface area contributed by atoms with E-state index < -0.39 is 0 Å². The Kier molecular flexibility index (Phi) is 2.63. The second-order valence-electron chi connectivity index (χ2n) is 4.39. The maximum atomic E-state index is 12.3. The van der Waals surface area contributed by atoms with E-state index in [0.29, 0.717) is 19.0 Å². The zero-order valence-electron chi connectivity index (χ0n) is 10.2. The molecule has 1 aliphatic heterocycles. The van der Waals surface area contributed by atoms with E-state index >= 15 is 0 Å². The average Bonchev–Trinajstić information content (AvgIpc) is 2.94. The normalized spacial score (nSPS) is 14.6. The van der Waals surface area contributed by atoms with Crippen molar-refractivity contribution in [2.75, 3.05) is 13.2 Å². The van der Waals surface area contributed by atoms with Crippen molar-refractivity contribution in [2.24, 2.45) is 4.99 Å². The molecule has 4 nitrogen and oxygen atoms in total. The number of hydrogen-bond donors (Lipinski definition) is 1. The predicted octanol–water partition coefficient (Wildman–Crippen LogP) is 2.48. The third-order valence-electron chi connectivity index (χ3n) is 3.13. The fourth-order valence-electron chi connectivity index (χ4n) is 2.35. The number of aromatic nitrogens is 1. The maximum Gasteiger partial charge on any atom is 0.191 e. The Morgan fingerprint density at radius 3 is 3.06 bits per heavy atom. The number of carbonyl (C=O) groups excluding carboxylic acids is 1. The van der Waals surface area contributed by atoms with E-state index in [1.807, 2.05) is 31.2 Å². The number of rotatable bonds is 3. The van der Waals surface area contributed by atoms with Crippen LogP contribution in [0.3, 0.4) is 0 Å². The van der Waals surface area contributed by atoms with Gasteiger partial charge in [-0.05, 0) is 13.0 Å². The lowest BCUT2D eigenvalue weighted by atomic mass is 10.0. The van der Waals surface area contributed by atoms with Crippen LogP contribution in [0.4, 0.5) is 0 Å². The molecule has 0 spiro atoms. The van der Waals surface area contributed by atoms with Gasteiger partial charge in [0, 0.05) is 22.2 Å². The highest BCUT2D eigenvalue weighted by Crippen LogP contribution is 2.23. The molecule has 0 atom stereocenters. The lowest BCUT2D eigenvalue weighted by Gasteiger charge is -2.02. The summed E-state index contributed by atoms with van der Waals surface area (Å²) in [6.45, 7) is 3.18. The van der Waals surface area contributed by atoms with Crippen molar-refractivity contribution in [3.63, 3.8) is 0 Å². The summed E-state index contributed by atoms with van der Waals surface area (Å²) in [6.07, 6.45) is 0.253. The van der Waals surface area contributed by atoms with Gasteiger partial charge in [0.2, 0.25) is 0 Å². The second-order valence-corrected chi connectivity index (χ2v) is 4.39. The van der Waals surface area contributed by atoms with Crippen LogP contribution >= 0.6 is 0 Å².